The van der Waals surface area contributed by atoms with Crippen molar-refractivity contribution >= 4 is 41.3 Å². The van der Waals surface area contributed by atoms with Gasteiger partial charge in [-0.05, 0) is 50.7 Å². The van der Waals surface area contributed by atoms with Crippen LogP contribution in [0.4, 0.5) is 0 Å². The zero-order valence-electron chi connectivity index (χ0n) is 16.5. The molecule has 0 atom stereocenters. The van der Waals surface area contributed by atoms with Crippen LogP contribution in [0.2, 0.25) is 0 Å². The maximum absolute atomic E-state index is 5.58. The van der Waals surface area contributed by atoms with Gasteiger partial charge in [-0.1, -0.05) is 0 Å². The predicted octanol–water partition coefficient (Wildman–Crippen LogP) is 3.94. The number of aryl methyl sites for hydroxylation is 3. The second kappa shape index (κ2) is 13.2. The summed E-state index contributed by atoms with van der Waals surface area (Å²) in [5.41, 5.74) is 1.36. The van der Waals surface area contributed by atoms with Gasteiger partial charge in [0.1, 0.15) is 12.4 Å². The number of aliphatic imine (C=N–C) groups is 1. The highest BCUT2D eigenvalue weighted by atomic mass is 127. The molecule has 28 heavy (non-hydrogen) atoms. The van der Waals surface area contributed by atoms with Crippen LogP contribution in [0.15, 0.2) is 27.8 Å². The Morgan fingerprint density at radius 2 is 2.07 bits per heavy atom. The van der Waals surface area contributed by atoms with Gasteiger partial charge in [0.2, 0.25) is 0 Å². The summed E-state index contributed by atoms with van der Waals surface area (Å²) in [5, 5.41) is 7.99. The van der Waals surface area contributed by atoms with E-state index in [1.165, 1.54) is 41.3 Å². The maximum atomic E-state index is 5.58. The molecule has 0 unspecified atom stereocenters. The molecule has 6 nitrogen and oxygen atoms in total. The van der Waals surface area contributed by atoms with E-state index in [-0.39, 0.29) is 24.0 Å². The molecule has 2 heterocycles. The van der Waals surface area contributed by atoms with Crippen molar-refractivity contribution in [1.29, 1.82) is 0 Å². The minimum absolute atomic E-state index is 0. The van der Waals surface area contributed by atoms with E-state index in [9.17, 15) is 0 Å². The number of hydrogen-bond acceptors (Lipinski definition) is 5. The zero-order chi connectivity index (χ0) is 18.7. The summed E-state index contributed by atoms with van der Waals surface area (Å²) in [6.45, 7) is 2.95. The van der Waals surface area contributed by atoms with Gasteiger partial charge in [0, 0.05) is 38.0 Å². The summed E-state index contributed by atoms with van der Waals surface area (Å²) >= 11 is 1.91. The minimum Gasteiger partial charge on any atom is -0.467 e. The lowest BCUT2D eigenvalue weighted by Gasteiger charge is -2.11. The summed E-state index contributed by atoms with van der Waals surface area (Å²) < 4.78 is 10.8. The molecule has 0 fully saturated rings. The lowest BCUT2D eigenvalue weighted by Crippen LogP contribution is -2.38. The summed E-state index contributed by atoms with van der Waals surface area (Å²) in [6.07, 6.45) is 9.73. The SMILES string of the molecule is CN=C(NCCCOCc1ccco1)NCCCc1nc2c(s1)CCCC2.I. The largest absolute Gasteiger partial charge is 0.467 e. The molecule has 0 radical (unpaired) electrons. The topological polar surface area (TPSA) is 71.7 Å². The van der Waals surface area contributed by atoms with E-state index in [1.807, 2.05) is 23.5 Å². The number of rotatable bonds is 10. The summed E-state index contributed by atoms with van der Waals surface area (Å²) in [4.78, 5) is 10.6. The van der Waals surface area contributed by atoms with Crippen molar-refractivity contribution in [3.05, 3.63) is 39.7 Å². The number of halogens is 1. The van der Waals surface area contributed by atoms with Crippen LogP contribution in [0.1, 0.15) is 47.0 Å². The molecular weight excluding hydrogens is 487 g/mol. The van der Waals surface area contributed by atoms with E-state index in [0.29, 0.717) is 13.2 Å². The molecule has 2 aromatic rings. The highest BCUT2D eigenvalue weighted by molar-refractivity contribution is 14.0. The average Bonchev–Trinajstić information content (AvgIpc) is 3.35. The molecular formula is C20H31IN4O2S. The first kappa shape index (κ1) is 23.2. The van der Waals surface area contributed by atoms with E-state index in [2.05, 4.69) is 15.6 Å². The zero-order valence-corrected chi connectivity index (χ0v) is 19.7. The first-order chi connectivity index (χ1) is 13.3. The minimum atomic E-state index is 0. The Morgan fingerprint density at radius 3 is 2.82 bits per heavy atom. The van der Waals surface area contributed by atoms with E-state index in [1.54, 1.807) is 13.3 Å². The standard InChI is InChI=1S/C20H30N4O2S.HI/c1-21-20(23-12-6-13-25-15-16-7-5-14-26-16)22-11-4-10-19-24-17-8-2-3-9-18(17)27-19;/h5,7,14H,2-4,6,8-13,15H2,1H3,(H2,21,22,23);1H. The molecule has 0 aliphatic heterocycles. The van der Waals surface area contributed by atoms with Crippen LogP contribution < -0.4 is 10.6 Å². The fourth-order valence-corrected chi connectivity index (χ4v) is 4.33. The van der Waals surface area contributed by atoms with Crippen LogP contribution in [0, 0.1) is 0 Å². The smallest absolute Gasteiger partial charge is 0.190 e. The summed E-state index contributed by atoms with van der Waals surface area (Å²) in [7, 11) is 1.80. The van der Waals surface area contributed by atoms with Crippen LogP contribution >= 0.6 is 35.3 Å². The molecule has 0 saturated carbocycles. The first-order valence-corrected chi connectivity index (χ1v) is 10.7. The Morgan fingerprint density at radius 1 is 1.25 bits per heavy atom. The number of thiazole rings is 1. The number of fused-ring (bicyclic) bond motifs is 1. The normalized spacial score (nSPS) is 13.7. The Bertz CT molecular complexity index is 680. The van der Waals surface area contributed by atoms with Gasteiger partial charge in [-0.2, -0.15) is 0 Å². The number of nitrogens with zero attached hydrogens (tertiary/aromatic N) is 2. The maximum Gasteiger partial charge on any atom is 0.190 e. The van der Waals surface area contributed by atoms with Crippen molar-refractivity contribution in [2.75, 3.05) is 26.7 Å². The van der Waals surface area contributed by atoms with Gasteiger partial charge in [0.15, 0.2) is 5.96 Å². The van der Waals surface area contributed by atoms with E-state index < -0.39 is 0 Å². The molecule has 0 bridgehead atoms. The molecule has 0 spiro atoms. The fourth-order valence-electron chi connectivity index (χ4n) is 3.13. The third-order valence-corrected chi connectivity index (χ3v) is 5.77. The van der Waals surface area contributed by atoms with Gasteiger partial charge in [0.25, 0.3) is 0 Å². The monoisotopic (exact) mass is 518 g/mol. The third-order valence-electron chi connectivity index (χ3n) is 4.56. The van der Waals surface area contributed by atoms with E-state index in [4.69, 9.17) is 14.1 Å². The Balaban J connectivity index is 0.00000280. The van der Waals surface area contributed by atoms with Gasteiger partial charge in [-0.3, -0.25) is 4.99 Å². The predicted molar refractivity (Wildman–Crippen MR) is 125 cm³/mol. The Kier molecular flexibility index (Phi) is 10.9. The molecule has 8 heteroatoms. The second-order valence-corrected chi connectivity index (χ2v) is 7.87. The fraction of sp³-hybridized carbons (Fsp3) is 0.600. The number of nitrogens with one attached hydrogen (secondary N) is 2. The lowest BCUT2D eigenvalue weighted by atomic mass is 10.0. The van der Waals surface area contributed by atoms with E-state index in [0.717, 1.165) is 44.1 Å². The lowest BCUT2D eigenvalue weighted by molar-refractivity contribution is 0.105. The van der Waals surface area contributed by atoms with Crippen LogP contribution in [-0.4, -0.2) is 37.7 Å². The molecule has 0 amide bonds. The van der Waals surface area contributed by atoms with Gasteiger partial charge in [0.05, 0.1) is 17.0 Å². The molecule has 0 saturated heterocycles. The number of furan rings is 1. The molecule has 0 aromatic carbocycles. The number of guanidine groups is 1. The molecule has 2 N–H and O–H groups in total. The molecule has 3 rings (SSSR count). The highest BCUT2D eigenvalue weighted by Gasteiger charge is 2.14. The molecule has 2 aromatic heterocycles. The number of ether oxygens (including phenoxy) is 1. The molecule has 156 valence electrons. The van der Waals surface area contributed by atoms with Crippen molar-refractivity contribution in [3.63, 3.8) is 0 Å². The van der Waals surface area contributed by atoms with Gasteiger partial charge in [-0.25, -0.2) is 4.98 Å². The van der Waals surface area contributed by atoms with Crippen molar-refractivity contribution in [2.24, 2.45) is 4.99 Å². The molecule has 1 aliphatic rings. The van der Waals surface area contributed by atoms with E-state index >= 15 is 0 Å². The number of hydrogen-bond donors (Lipinski definition) is 2. The third kappa shape index (κ3) is 7.71. The summed E-state index contributed by atoms with van der Waals surface area (Å²) in [5.74, 6) is 1.71. The van der Waals surface area contributed by atoms with Crippen molar-refractivity contribution in [1.82, 2.24) is 15.6 Å². The van der Waals surface area contributed by atoms with Gasteiger partial charge in [-0.15, -0.1) is 35.3 Å². The highest BCUT2D eigenvalue weighted by Crippen LogP contribution is 2.27. The van der Waals surface area contributed by atoms with Crippen LogP contribution in [0.25, 0.3) is 0 Å². The van der Waals surface area contributed by atoms with Crippen molar-refractivity contribution in [2.45, 2.75) is 51.6 Å². The quantitative estimate of drug-likeness (QED) is 0.216. The van der Waals surface area contributed by atoms with Gasteiger partial charge < -0.3 is 19.8 Å². The first-order valence-electron chi connectivity index (χ1n) is 9.87. The summed E-state index contributed by atoms with van der Waals surface area (Å²) in [6, 6.07) is 3.80. The van der Waals surface area contributed by atoms with Crippen LogP contribution in [0.3, 0.4) is 0 Å². The van der Waals surface area contributed by atoms with Gasteiger partial charge >= 0.3 is 0 Å². The van der Waals surface area contributed by atoms with Crippen molar-refractivity contribution < 1.29 is 9.15 Å². The van der Waals surface area contributed by atoms with Crippen LogP contribution in [0.5, 0.6) is 0 Å². The average molecular weight is 518 g/mol. The van der Waals surface area contributed by atoms with Crippen LogP contribution in [-0.2, 0) is 30.6 Å². The Hall–Kier alpha value is -1.13. The number of aromatic nitrogens is 1. The Labute approximate surface area is 188 Å². The van der Waals surface area contributed by atoms with Crippen molar-refractivity contribution in [3.8, 4) is 0 Å². The second-order valence-electron chi connectivity index (χ2n) is 6.70. The molecule has 1 aliphatic carbocycles.